The Morgan fingerprint density at radius 2 is 1.97 bits per heavy atom. The smallest absolute Gasteiger partial charge is 0.352 e. The number of rotatable bonds is 8. The van der Waals surface area contributed by atoms with Gasteiger partial charge in [0.25, 0.3) is 0 Å². The number of carbonyl (C=O) groups excluding carboxylic acids is 1. The molecule has 9 nitrogen and oxygen atoms in total. The minimum absolute atomic E-state index is 0.0937. The van der Waals surface area contributed by atoms with Gasteiger partial charge < -0.3 is 10.1 Å². The summed E-state index contributed by atoms with van der Waals surface area (Å²) in [6.07, 6.45) is 5.58. The van der Waals surface area contributed by atoms with Crippen molar-refractivity contribution in [3.63, 3.8) is 0 Å². The van der Waals surface area contributed by atoms with Crippen molar-refractivity contribution in [3.05, 3.63) is 63.4 Å². The maximum atomic E-state index is 13.8. The fourth-order valence-corrected chi connectivity index (χ4v) is 5.09. The van der Waals surface area contributed by atoms with E-state index in [0.717, 1.165) is 49.1 Å². The zero-order valence-corrected chi connectivity index (χ0v) is 21.6. The van der Waals surface area contributed by atoms with Gasteiger partial charge >= 0.3 is 5.69 Å². The highest BCUT2D eigenvalue weighted by atomic mass is 35.5. The van der Waals surface area contributed by atoms with Crippen LogP contribution in [0.15, 0.2) is 41.3 Å². The Hall–Kier alpha value is -3.08. The number of nitrogens with one attached hydrogen (secondary N) is 1. The molecule has 2 unspecified atom stereocenters. The predicted molar refractivity (Wildman–Crippen MR) is 137 cm³/mol. The van der Waals surface area contributed by atoms with E-state index in [1.165, 1.54) is 22.8 Å². The molecule has 1 aromatic carbocycles. The van der Waals surface area contributed by atoms with Crippen LogP contribution in [0.25, 0.3) is 17.2 Å². The van der Waals surface area contributed by atoms with E-state index in [-0.39, 0.29) is 29.3 Å². The molecule has 2 saturated heterocycles. The number of morpholine rings is 1. The van der Waals surface area contributed by atoms with E-state index in [1.54, 1.807) is 12.3 Å². The Kier molecular flexibility index (Phi) is 7.41. The minimum Gasteiger partial charge on any atom is -0.372 e. The number of hydrogen-bond acceptors (Lipinski definition) is 6. The van der Waals surface area contributed by atoms with Crippen LogP contribution in [-0.4, -0.2) is 68.0 Å². The van der Waals surface area contributed by atoms with E-state index in [1.807, 2.05) is 19.9 Å². The van der Waals surface area contributed by atoms with Crippen molar-refractivity contribution < 1.29 is 13.9 Å². The van der Waals surface area contributed by atoms with E-state index >= 15 is 0 Å². The molecule has 2 bridgehead atoms. The summed E-state index contributed by atoms with van der Waals surface area (Å²) < 4.78 is 22.1. The van der Waals surface area contributed by atoms with Gasteiger partial charge in [0, 0.05) is 37.4 Å². The summed E-state index contributed by atoms with van der Waals surface area (Å²) in [5, 5.41) is 7.12. The molecule has 0 saturated carbocycles. The number of likely N-dealkylation sites (tertiary alicyclic amines) is 1. The van der Waals surface area contributed by atoms with Gasteiger partial charge in [-0.05, 0) is 62.9 Å². The third kappa shape index (κ3) is 5.76. The Balaban J connectivity index is 1.38. The zero-order valence-electron chi connectivity index (χ0n) is 20.9. The van der Waals surface area contributed by atoms with Crippen LogP contribution in [0.5, 0.6) is 0 Å². The van der Waals surface area contributed by atoms with Crippen LogP contribution >= 0.6 is 11.6 Å². The van der Waals surface area contributed by atoms with E-state index in [0.29, 0.717) is 23.6 Å². The molecular weight excluding hydrogens is 499 g/mol. The second kappa shape index (κ2) is 10.7. The average Bonchev–Trinajstić information content (AvgIpc) is 3.37. The Morgan fingerprint density at radius 1 is 1.22 bits per heavy atom. The van der Waals surface area contributed by atoms with E-state index in [4.69, 9.17) is 16.3 Å². The second-order valence-electron chi connectivity index (χ2n) is 9.95. The quantitative estimate of drug-likeness (QED) is 0.483. The van der Waals surface area contributed by atoms with E-state index < -0.39 is 11.5 Å². The van der Waals surface area contributed by atoms with E-state index in [2.05, 4.69) is 20.3 Å². The van der Waals surface area contributed by atoms with E-state index in [9.17, 15) is 14.0 Å². The minimum atomic E-state index is -0.585. The summed E-state index contributed by atoms with van der Waals surface area (Å²) in [6, 6.07) is 7.64. The number of benzene rings is 1. The van der Waals surface area contributed by atoms with Crippen LogP contribution in [0.4, 0.5) is 4.39 Å². The highest BCUT2D eigenvalue weighted by molar-refractivity contribution is 6.31. The Labute approximate surface area is 219 Å². The Bertz CT molecular complexity index is 1330. The summed E-state index contributed by atoms with van der Waals surface area (Å²) in [5.74, 6) is -0.404. The maximum absolute atomic E-state index is 13.8. The average molecular weight is 529 g/mol. The summed E-state index contributed by atoms with van der Waals surface area (Å²) in [7, 11) is 0. The summed E-state index contributed by atoms with van der Waals surface area (Å²) in [4.78, 5) is 32.8. The fraction of sp³-hybridized carbons (Fsp3) is 0.462. The summed E-state index contributed by atoms with van der Waals surface area (Å²) >= 11 is 5.98. The third-order valence-electron chi connectivity index (χ3n) is 6.65. The molecule has 2 atom stereocenters. The normalized spacial score (nSPS) is 19.5. The van der Waals surface area contributed by atoms with Crippen LogP contribution < -0.4 is 11.0 Å². The maximum Gasteiger partial charge on any atom is 0.352 e. The molecule has 2 aliphatic heterocycles. The molecule has 1 amide bonds. The van der Waals surface area contributed by atoms with Gasteiger partial charge in [-0.2, -0.15) is 4.68 Å². The first-order valence-electron chi connectivity index (χ1n) is 12.5. The first-order chi connectivity index (χ1) is 17.8. The SMILES string of the molecule is CC(C)NC(=O)Cn1c(-c2ccc(F)c(Cl)c2)nn(-c2ccc(CCN3CC4CCC(C3)O4)cn2)c1=O. The number of aromatic nitrogens is 4. The number of fused-ring (bicyclic) bond motifs is 2. The van der Waals surface area contributed by atoms with Crippen molar-refractivity contribution in [2.75, 3.05) is 19.6 Å². The lowest BCUT2D eigenvalue weighted by Gasteiger charge is -2.31. The number of carbonyl (C=O) groups is 1. The number of hydrogen-bond donors (Lipinski definition) is 1. The van der Waals surface area contributed by atoms with Crippen molar-refractivity contribution in [1.29, 1.82) is 0 Å². The van der Waals surface area contributed by atoms with Crippen LogP contribution in [0.1, 0.15) is 32.3 Å². The van der Waals surface area contributed by atoms with Crippen molar-refractivity contribution in [2.45, 2.75) is 57.9 Å². The lowest BCUT2D eigenvalue weighted by Crippen LogP contribution is -2.43. The molecule has 196 valence electrons. The van der Waals surface area contributed by atoms with Crippen molar-refractivity contribution >= 4 is 17.5 Å². The molecule has 11 heteroatoms. The highest BCUT2D eigenvalue weighted by Gasteiger charge is 2.33. The fourth-order valence-electron chi connectivity index (χ4n) is 4.91. The monoisotopic (exact) mass is 528 g/mol. The Morgan fingerprint density at radius 3 is 2.62 bits per heavy atom. The van der Waals surface area contributed by atoms with Crippen molar-refractivity contribution in [1.82, 2.24) is 29.5 Å². The van der Waals surface area contributed by atoms with Crippen molar-refractivity contribution in [2.24, 2.45) is 0 Å². The molecule has 37 heavy (non-hydrogen) atoms. The zero-order chi connectivity index (χ0) is 26.1. The molecule has 2 fully saturated rings. The van der Waals surface area contributed by atoms with Gasteiger partial charge in [-0.3, -0.25) is 14.3 Å². The number of pyridine rings is 1. The van der Waals surface area contributed by atoms with Gasteiger partial charge in [0.05, 0.1) is 17.2 Å². The van der Waals surface area contributed by atoms with Gasteiger partial charge in [0.15, 0.2) is 11.6 Å². The summed E-state index contributed by atoms with van der Waals surface area (Å²) in [5.41, 5.74) is 0.936. The molecule has 2 aliphatic rings. The number of amides is 1. The topological polar surface area (TPSA) is 94.3 Å². The largest absolute Gasteiger partial charge is 0.372 e. The third-order valence-corrected chi connectivity index (χ3v) is 6.94. The van der Waals surface area contributed by atoms with Gasteiger partial charge in [-0.25, -0.2) is 14.2 Å². The van der Waals surface area contributed by atoms with Crippen LogP contribution in [0, 0.1) is 5.82 Å². The number of nitrogens with zero attached hydrogens (tertiary/aromatic N) is 5. The number of ether oxygens (including phenoxy) is 1. The summed E-state index contributed by atoms with van der Waals surface area (Å²) in [6.45, 7) is 6.28. The molecule has 1 N–H and O–H groups in total. The van der Waals surface area contributed by atoms with Crippen LogP contribution in [0.2, 0.25) is 5.02 Å². The first kappa shape index (κ1) is 25.6. The molecule has 3 aromatic rings. The lowest BCUT2D eigenvalue weighted by atomic mass is 10.2. The number of halogens is 2. The molecule has 5 rings (SSSR count). The molecule has 0 radical (unpaired) electrons. The van der Waals surface area contributed by atoms with Crippen LogP contribution in [-0.2, 0) is 22.5 Å². The van der Waals surface area contributed by atoms with Crippen molar-refractivity contribution in [3.8, 4) is 17.2 Å². The van der Waals surface area contributed by atoms with Gasteiger partial charge in [0.2, 0.25) is 5.91 Å². The molecule has 0 spiro atoms. The molecule has 4 heterocycles. The second-order valence-corrected chi connectivity index (χ2v) is 10.4. The molecular formula is C26H30ClFN6O3. The molecule has 2 aromatic heterocycles. The van der Waals surface area contributed by atoms with Crippen LogP contribution in [0.3, 0.4) is 0 Å². The first-order valence-corrected chi connectivity index (χ1v) is 12.9. The molecule has 0 aliphatic carbocycles. The van der Waals surface area contributed by atoms with Gasteiger partial charge in [-0.15, -0.1) is 5.10 Å². The van der Waals surface area contributed by atoms with Gasteiger partial charge in [-0.1, -0.05) is 17.7 Å². The predicted octanol–water partition coefficient (Wildman–Crippen LogP) is 2.82. The lowest BCUT2D eigenvalue weighted by molar-refractivity contribution is -0.122. The highest BCUT2D eigenvalue weighted by Crippen LogP contribution is 2.26. The van der Waals surface area contributed by atoms with Gasteiger partial charge in [0.1, 0.15) is 12.4 Å². The standard InChI is InChI=1S/C26H30ClFN6O3/c1-16(2)30-24(35)15-33-25(18-4-7-22(28)21(27)11-18)31-34(26(33)36)23-8-3-17(12-29-23)9-10-32-13-19-5-6-20(14-32)37-19/h3-4,7-8,11-12,16,19-20H,5-6,9-10,13-15H2,1-2H3,(H,30,35).